The number of aromatic nitrogens is 3. The maximum atomic E-state index is 13.7. The molecular weight excluding hydrogens is 522 g/mol. The summed E-state index contributed by atoms with van der Waals surface area (Å²) in [6, 6.07) is 14.7. The van der Waals surface area contributed by atoms with Gasteiger partial charge in [-0.25, -0.2) is 9.97 Å². The van der Waals surface area contributed by atoms with E-state index in [9.17, 15) is 4.79 Å². The molecule has 3 heterocycles. The fourth-order valence-electron chi connectivity index (χ4n) is 4.41. The number of benzene rings is 2. The molecule has 0 aliphatic carbocycles. The summed E-state index contributed by atoms with van der Waals surface area (Å²) in [7, 11) is 1.87. The molecule has 9 nitrogen and oxygen atoms in total. The average molecular weight is 558 g/mol. The van der Waals surface area contributed by atoms with Crippen LogP contribution in [0, 0.1) is 24.7 Å². The average Bonchev–Trinajstić information content (AvgIpc) is 3.69. The molecule has 4 aromatic rings. The van der Waals surface area contributed by atoms with Crippen LogP contribution < -0.4 is 5.73 Å². The van der Waals surface area contributed by atoms with Crippen LogP contribution >= 0.6 is 11.3 Å². The second-order valence-electron chi connectivity index (χ2n) is 9.88. The fourth-order valence-corrected chi connectivity index (χ4v) is 5.35. The molecule has 2 aromatic carbocycles. The van der Waals surface area contributed by atoms with Gasteiger partial charge < -0.3 is 19.9 Å². The van der Waals surface area contributed by atoms with Crippen molar-refractivity contribution in [2.45, 2.75) is 45.7 Å². The number of hydrogen-bond donors (Lipinski definition) is 3. The summed E-state index contributed by atoms with van der Waals surface area (Å²) in [5.74, 6) is 0.0807. The summed E-state index contributed by atoms with van der Waals surface area (Å²) in [5.41, 5.74) is 9.47. The molecule has 10 heteroatoms. The third-order valence-corrected chi connectivity index (χ3v) is 7.59. The van der Waals surface area contributed by atoms with Gasteiger partial charge in [0.1, 0.15) is 10.8 Å². The smallest absolute Gasteiger partial charge is 0.254 e. The molecule has 208 valence electrons. The van der Waals surface area contributed by atoms with Crippen molar-refractivity contribution in [2.75, 3.05) is 6.54 Å². The first kappa shape index (κ1) is 28.8. The number of aryl methyl sites for hydroxylation is 3. The molecule has 1 fully saturated rings. The summed E-state index contributed by atoms with van der Waals surface area (Å²) in [4.78, 5) is 24.5. The number of amides is 1. The van der Waals surface area contributed by atoms with E-state index in [1.165, 1.54) is 5.56 Å². The molecular formula is C30H35N7O2S. The molecule has 1 saturated heterocycles. The Hall–Kier alpha value is -4.15. The number of imidazole rings is 1. The number of carbonyl (C=O) groups excluding carboxylic acids is 1. The quantitative estimate of drug-likeness (QED) is 0.220. The van der Waals surface area contributed by atoms with Crippen molar-refractivity contribution in [3.8, 4) is 11.4 Å². The Bertz CT molecular complexity index is 1490. The highest BCUT2D eigenvalue weighted by molar-refractivity contribution is 7.09. The Kier molecular flexibility index (Phi) is 9.23. The molecule has 5 rings (SSSR count). The van der Waals surface area contributed by atoms with E-state index >= 15 is 0 Å². The Labute approximate surface area is 238 Å². The number of nitrogens with two attached hydrogens (primary N) is 1. The van der Waals surface area contributed by atoms with Crippen LogP contribution in [0.15, 0.2) is 66.3 Å². The highest BCUT2D eigenvalue weighted by Crippen LogP contribution is 2.35. The van der Waals surface area contributed by atoms with Gasteiger partial charge in [-0.2, -0.15) is 0 Å². The number of ether oxygens (including phenoxy) is 1. The molecule has 2 atom stereocenters. The van der Waals surface area contributed by atoms with Crippen molar-refractivity contribution in [1.82, 2.24) is 19.4 Å². The predicted molar refractivity (Wildman–Crippen MR) is 159 cm³/mol. The second-order valence-corrected chi connectivity index (χ2v) is 10.8. The van der Waals surface area contributed by atoms with E-state index in [0.717, 1.165) is 23.5 Å². The van der Waals surface area contributed by atoms with Crippen molar-refractivity contribution < 1.29 is 9.53 Å². The largest absolute Gasteiger partial charge is 0.424 e. The standard InChI is InChI=1S/C23H27N7O2S.C7H8/c1-13-12-33-22(28-13)18-5-4-7-30(18)23(31)17-10-15(20(26)32-19(25)14(2)24)9-16(11-17)21-27-6-8-29(21)3;1-7-5-3-2-4-6-7/h6,8-12,14,18,25-26H,4-5,7,24H2,1-3H3;2-6H,1H3. The van der Waals surface area contributed by atoms with E-state index in [1.807, 2.05) is 53.2 Å². The maximum absolute atomic E-state index is 13.7. The van der Waals surface area contributed by atoms with Gasteiger partial charge in [0.05, 0.1) is 12.1 Å². The lowest BCUT2D eigenvalue weighted by atomic mass is 10.0. The van der Waals surface area contributed by atoms with Crippen molar-refractivity contribution in [3.63, 3.8) is 0 Å². The number of likely N-dealkylation sites (tertiary alicyclic amines) is 1. The van der Waals surface area contributed by atoms with Gasteiger partial charge in [0, 0.05) is 53.8 Å². The minimum absolute atomic E-state index is 0.0570. The molecule has 0 bridgehead atoms. The zero-order valence-electron chi connectivity index (χ0n) is 23.2. The Balaban J connectivity index is 0.000000461. The summed E-state index contributed by atoms with van der Waals surface area (Å²) in [5, 5.41) is 19.2. The molecule has 1 amide bonds. The van der Waals surface area contributed by atoms with Gasteiger partial charge in [-0.15, -0.1) is 11.3 Å². The molecule has 0 spiro atoms. The minimum Gasteiger partial charge on any atom is -0.424 e. The van der Waals surface area contributed by atoms with E-state index in [4.69, 9.17) is 21.3 Å². The highest BCUT2D eigenvalue weighted by Gasteiger charge is 2.33. The lowest BCUT2D eigenvalue weighted by Gasteiger charge is -2.24. The van der Waals surface area contributed by atoms with Crippen LogP contribution in [0.25, 0.3) is 11.4 Å². The molecule has 4 N–H and O–H groups in total. The van der Waals surface area contributed by atoms with E-state index in [1.54, 1.807) is 42.7 Å². The SMILES string of the molecule is Cc1ccccc1.Cc1csc(C2CCCN2C(=O)c2cc(C(=N)OC(=N)C(C)N)cc(-c3nccn3C)c2)n1. The number of hydrogen-bond acceptors (Lipinski definition) is 8. The van der Waals surface area contributed by atoms with E-state index < -0.39 is 6.04 Å². The number of thiazole rings is 1. The van der Waals surface area contributed by atoms with Crippen LogP contribution in [-0.2, 0) is 11.8 Å². The zero-order chi connectivity index (χ0) is 28.8. The third kappa shape index (κ3) is 6.88. The first-order valence-corrected chi connectivity index (χ1v) is 14.0. The van der Waals surface area contributed by atoms with Gasteiger partial charge in [-0.05, 0) is 51.8 Å². The number of rotatable bonds is 5. The Morgan fingerprint density at radius 1 is 1.15 bits per heavy atom. The predicted octanol–water partition coefficient (Wildman–Crippen LogP) is 5.49. The van der Waals surface area contributed by atoms with Crippen LogP contribution in [-0.4, -0.2) is 49.7 Å². The van der Waals surface area contributed by atoms with E-state index in [-0.39, 0.29) is 23.7 Å². The summed E-state index contributed by atoms with van der Waals surface area (Å²) in [6.07, 6.45) is 5.28. The van der Waals surface area contributed by atoms with Crippen LogP contribution in [0.3, 0.4) is 0 Å². The number of carbonyl (C=O) groups is 1. The Morgan fingerprint density at radius 3 is 2.45 bits per heavy atom. The number of nitrogens with zero attached hydrogens (tertiary/aromatic N) is 4. The summed E-state index contributed by atoms with van der Waals surface area (Å²) >= 11 is 1.58. The van der Waals surface area contributed by atoms with Gasteiger partial charge in [-0.1, -0.05) is 35.9 Å². The lowest BCUT2D eigenvalue weighted by Crippen LogP contribution is -2.31. The van der Waals surface area contributed by atoms with Crippen LogP contribution in [0.4, 0.5) is 0 Å². The number of nitrogens with one attached hydrogen (secondary N) is 2. The van der Waals surface area contributed by atoms with Gasteiger partial charge in [-0.3, -0.25) is 15.6 Å². The van der Waals surface area contributed by atoms with Gasteiger partial charge >= 0.3 is 0 Å². The van der Waals surface area contributed by atoms with E-state index in [0.29, 0.717) is 29.1 Å². The summed E-state index contributed by atoms with van der Waals surface area (Å²) in [6.45, 7) is 6.30. The summed E-state index contributed by atoms with van der Waals surface area (Å²) < 4.78 is 7.18. The van der Waals surface area contributed by atoms with Gasteiger partial charge in [0.15, 0.2) is 0 Å². The highest BCUT2D eigenvalue weighted by atomic mass is 32.1. The van der Waals surface area contributed by atoms with Crippen molar-refractivity contribution in [2.24, 2.45) is 12.8 Å². The molecule has 2 aromatic heterocycles. The normalized spacial score (nSPS) is 15.2. The second kappa shape index (κ2) is 12.8. The molecule has 0 radical (unpaired) electrons. The van der Waals surface area contributed by atoms with E-state index in [2.05, 4.69) is 29.0 Å². The van der Waals surface area contributed by atoms with Crippen LogP contribution in [0.1, 0.15) is 58.0 Å². The van der Waals surface area contributed by atoms with Gasteiger partial charge in [0.25, 0.3) is 5.91 Å². The van der Waals surface area contributed by atoms with Crippen molar-refractivity contribution >= 4 is 29.0 Å². The van der Waals surface area contributed by atoms with Crippen molar-refractivity contribution in [3.05, 3.63) is 93.7 Å². The molecule has 0 saturated carbocycles. The fraction of sp³-hybridized carbons (Fsp3) is 0.300. The molecule has 1 aliphatic heterocycles. The topological polar surface area (TPSA) is 134 Å². The molecule has 40 heavy (non-hydrogen) atoms. The van der Waals surface area contributed by atoms with Crippen LogP contribution in [0.5, 0.6) is 0 Å². The molecule has 1 aliphatic rings. The first-order valence-electron chi connectivity index (χ1n) is 13.1. The van der Waals surface area contributed by atoms with Gasteiger partial charge in [0.2, 0.25) is 11.8 Å². The first-order chi connectivity index (χ1) is 19.1. The minimum atomic E-state index is -0.642. The Morgan fingerprint density at radius 2 is 1.88 bits per heavy atom. The zero-order valence-corrected chi connectivity index (χ0v) is 24.0. The van der Waals surface area contributed by atoms with Crippen LogP contribution in [0.2, 0.25) is 0 Å². The van der Waals surface area contributed by atoms with Crippen molar-refractivity contribution in [1.29, 1.82) is 10.8 Å². The third-order valence-electron chi connectivity index (χ3n) is 6.52. The maximum Gasteiger partial charge on any atom is 0.254 e. The monoisotopic (exact) mass is 557 g/mol. The lowest BCUT2D eigenvalue weighted by molar-refractivity contribution is 0.0735. The molecule has 2 unspecified atom stereocenters.